The minimum atomic E-state index is 0.582. The first-order valence-electron chi connectivity index (χ1n) is 15.2. The van der Waals surface area contributed by atoms with Crippen molar-refractivity contribution in [1.29, 1.82) is 0 Å². The maximum atomic E-state index is 6.31. The highest BCUT2D eigenvalue weighted by Gasteiger charge is 2.33. The standard InChI is InChI=1S/C30H54O2S/c1-3-13-25(14-4-1)27(29-19-7-9-21-31-29)17-11-23-33-24-12-18-28(26-15-5-2-6-16-26)30-20-8-10-22-32-30/h25-30H,1-24H2. The zero-order chi connectivity index (χ0) is 22.6. The van der Waals surface area contributed by atoms with Crippen LogP contribution in [0.1, 0.15) is 128 Å². The van der Waals surface area contributed by atoms with Gasteiger partial charge in [0.15, 0.2) is 0 Å². The van der Waals surface area contributed by atoms with Crippen LogP contribution in [0.15, 0.2) is 0 Å². The van der Waals surface area contributed by atoms with Crippen molar-refractivity contribution in [3.63, 3.8) is 0 Å². The third kappa shape index (κ3) is 8.71. The summed E-state index contributed by atoms with van der Waals surface area (Å²) < 4.78 is 12.6. The second-order valence-electron chi connectivity index (χ2n) is 11.8. The maximum Gasteiger partial charge on any atom is 0.0605 e. The van der Waals surface area contributed by atoms with Crippen molar-refractivity contribution >= 4 is 11.8 Å². The predicted molar refractivity (Wildman–Crippen MR) is 143 cm³/mol. The van der Waals surface area contributed by atoms with Gasteiger partial charge >= 0.3 is 0 Å². The van der Waals surface area contributed by atoms with Gasteiger partial charge < -0.3 is 9.47 Å². The molecule has 4 fully saturated rings. The summed E-state index contributed by atoms with van der Waals surface area (Å²) in [6.45, 7) is 2.05. The molecular formula is C30H54O2S. The fourth-order valence-electron chi connectivity index (χ4n) is 7.73. The Morgan fingerprint density at radius 1 is 0.515 bits per heavy atom. The zero-order valence-electron chi connectivity index (χ0n) is 21.7. The Hall–Kier alpha value is 0.270. The Morgan fingerprint density at radius 3 is 1.33 bits per heavy atom. The van der Waals surface area contributed by atoms with Gasteiger partial charge in [0.2, 0.25) is 0 Å². The lowest BCUT2D eigenvalue weighted by Crippen LogP contribution is -2.34. The first-order valence-corrected chi connectivity index (χ1v) is 16.4. The summed E-state index contributed by atoms with van der Waals surface area (Å²) in [5.74, 6) is 6.35. The molecule has 33 heavy (non-hydrogen) atoms. The average Bonchev–Trinajstić information content (AvgIpc) is 2.90. The molecule has 3 heteroatoms. The second-order valence-corrected chi connectivity index (χ2v) is 13.1. The molecule has 0 amide bonds. The normalized spacial score (nSPS) is 30.2. The van der Waals surface area contributed by atoms with Crippen molar-refractivity contribution in [2.24, 2.45) is 23.7 Å². The highest BCUT2D eigenvalue weighted by molar-refractivity contribution is 7.99. The summed E-state index contributed by atoms with van der Waals surface area (Å²) in [4.78, 5) is 0. The molecule has 192 valence electrons. The smallest absolute Gasteiger partial charge is 0.0605 e. The van der Waals surface area contributed by atoms with Crippen molar-refractivity contribution in [2.45, 2.75) is 141 Å². The molecule has 2 saturated heterocycles. The topological polar surface area (TPSA) is 18.5 Å². The first kappa shape index (κ1) is 26.3. The van der Waals surface area contributed by atoms with Crippen molar-refractivity contribution < 1.29 is 9.47 Å². The Labute approximate surface area is 210 Å². The molecule has 0 aromatic heterocycles. The van der Waals surface area contributed by atoms with E-state index in [1.165, 1.54) is 140 Å². The van der Waals surface area contributed by atoms with Crippen LogP contribution < -0.4 is 0 Å². The number of hydrogen-bond donors (Lipinski definition) is 0. The lowest BCUT2D eigenvalue weighted by atomic mass is 9.74. The summed E-state index contributed by atoms with van der Waals surface area (Å²) in [7, 11) is 0. The minimum absolute atomic E-state index is 0.582. The Bertz CT molecular complexity index is 408. The van der Waals surface area contributed by atoms with Crippen LogP contribution in [0.4, 0.5) is 0 Å². The SMILES string of the molecule is C1CCC(C(CCCSCCCC(C2CCCCC2)C2CCCCO2)C2CCCCO2)CC1. The molecule has 4 unspecified atom stereocenters. The van der Waals surface area contributed by atoms with Crippen LogP contribution in [-0.2, 0) is 9.47 Å². The molecule has 2 aliphatic heterocycles. The monoisotopic (exact) mass is 478 g/mol. The number of ether oxygens (including phenoxy) is 2. The molecule has 2 heterocycles. The van der Waals surface area contributed by atoms with Crippen LogP contribution in [0.3, 0.4) is 0 Å². The van der Waals surface area contributed by atoms with Crippen LogP contribution >= 0.6 is 11.8 Å². The van der Waals surface area contributed by atoms with E-state index in [1.54, 1.807) is 0 Å². The van der Waals surface area contributed by atoms with E-state index >= 15 is 0 Å². The van der Waals surface area contributed by atoms with Gasteiger partial charge in [0.1, 0.15) is 0 Å². The van der Waals surface area contributed by atoms with Gasteiger partial charge in [-0.1, -0.05) is 64.2 Å². The molecule has 2 saturated carbocycles. The number of thioether (sulfide) groups is 1. The van der Waals surface area contributed by atoms with Crippen molar-refractivity contribution in [2.75, 3.05) is 24.7 Å². The van der Waals surface area contributed by atoms with Gasteiger partial charge in [-0.15, -0.1) is 0 Å². The second kappa shape index (κ2) is 15.4. The first-order chi connectivity index (χ1) is 16.4. The van der Waals surface area contributed by atoms with E-state index in [2.05, 4.69) is 11.8 Å². The zero-order valence-corrected chi connectivity index (χ0v) is 22.5. The molecule has 0 N–H and O–H groups in total. The molecule has 2 nitrogen and oxygen atoms in total. The van der Waals surface area contributed by atoms with Crippen LogP contribution in [0, 0.1) is 23.7 Å². The molecule has 0 aromatic rings. The minimum Gasteiger partial charge on any atom is -0.378 e. The molecule has 0 aromatic carbocycles. The molecular weight excluding hydrogens is 424 g/mol. The highest BCUT2D eigenvalue weighted by atomic mass is 32.2. The van der Waals surface area contributed by atoms with Gasteiger partial charge in [0.25, 0.3) is 0 Å². The van der Waals surface area contributed by atoms with E-state index < -0.39 is 0 Å². The lowest BCUT2D eigenvalue weighted by Gasteiger charge is -2.38. The number of rotatable bonds is 12. The van der Waals surface area contributed by atoms with E-state index in [-0.39, 0.29) is 0 Å². The lowest BCUT2D eigenvalue weighted by molar-refractivity contribution is -0.0452. The van der Waals surface area contributed by atoms with Gasteiger partial charge in [-0.25, -0.2) is 0 Å². The number of hydrogen-bond acceptors (Lipinski definition) is 3. The van der Waals surface area contributed by atoms with Gasteiger partial charge in [0, 0.05) is 13.2 Å². The fraction of sp³-hybridized carbons (Fsp3) is 1.00. The molecule has 4 rings (SSSR count). The molecule has 2 aliphatic carbocycles. The van der Waals surface area contributed by atoms with Gasteiger partial charge in [-0.05, 0) is 99.4 Å². The van der Waals surface area contributed by atoms with E-state index in [0.29, 0.717) is 12.2 Å². The van der Waals surface area contributed by atoms with Gasteiger partial charge in [-0.2, -0.15) is 11.8 Å². The molecule has 0 spiro atoms. The average molecular weight is 479 g/mol. The third-order valence-corrected chi connectivity index (χ3v) is 10.7. The largest absolute Gasteiger partial charge is 0.378 e. The van der Waals surface area contributed by atoms with Crippen LogP contribution in [0.25, 0.3) is 0 Å². The van der Waals surface area contributed by atoms with Crippen LogP contribution in [0.5, 0.6) is 0 Å². The predicted octanol–water partition coefficient (Wildman–Crippen LogP) is 8.81. The van der Waals surface area contributed by atoms with Crippen molar-refractivity contribution in [3.8, 4) is 0 Å². The van der Waals surface area contributed by atoms with E-state index in [1.807, 2.05) is 0 Å². The highest BCUT2D eigenvalue weighted by Crippen LogP contribution is 2.39. The van der Waals surface area contributed by atoms with Crippen molar-refractivity contribution in [1.82, 2.24) is 0 Å². The summed E-state index contributed by atoms with van der Waals surface area (Å²) in [5.41, 5.74) is 0. The van der Waals surface area contributed by atoms with Crippen molar-refractivity contribution in [3.05, 3.63) is 0 Å². The molecule has 4 atom stereocenters. The Morgan fingerprint density at radius 2 is 0.939 bits per heavy atom. The summed E-state index contributed by atoms with van der Waals surface area (Å²) >= 11 is 2.24. The van der Waals surface area contributed by atoms with Crippen LogP contribution in [0.2, 0.25) is 0 Å². The summed E-state index contributed by atoms with van der Waals surface area (Å²) in [5, 5.41) is 0. The van der Waals surface area contributed by atoms with E-state index in [9.17, 15) is 0 Å². The van der Waals surface area contributed by atoms with Gasteiger partial charge in [0.05, 0.1) is 12.2 Å². The van der Waals surface area contributed by atoms with Crippen LogP contribution in [-0.4, -0.2) is 36.9 Å². The Kier molecular flexibility index (Phi) is 12.3. The summed E-state index contributed by atoms with van der Waals surface area (Å²) in [6.07, 6.45) is 29.6. The molecule has 4 aliphatic rings. The summed E-state index contributed by atoms with van der Waals surface area (Å²) in [6, 6.07) is 0. The maximum absolute atomic E-state index is 6.31. The Balaban J connectivity index is 1.15. The fourth-order valence-corrected chi connectivity index (χ4v) is 8.67. The van der Waals surface area contributed by atoms with Gasteiger partial charge in [-0.3, -0.25) is 0 Å². The molecule has 0 radical (unpaired) electrons. The third-order valence-electron chi connectivity index (χ3n) is 9.55. The quantitative estimate of drug-likeness (QED) is 0.261. The molecule has 0 bridgehead atoms. The van der Waals surface area contributed by atoms with E-state index in [4.69, 9.17) is 9.47 Å². The van der Waals surface area contributed by atoms with E-state index in [0.717, 1.165) is 36.9 Å².